The van der Waals surface area contributed by atoms with E-state index in [9.17, 15) is 13.2 Å². The van der Waals surface area contributed by atoms with Crippen molar-refractivity contribution in [3.05, 3.63) is 54.1 Å². The average Bonchev–Trinajstić information content (AvgIpc) is 3.53. The Morgan fingerprint density at radius 2 is 2.00 bits per heavy atom. The fraction of sp³-hybridized carbons (Fsp3) is 0.458. The number of hydrogen-bond donors (Lipinski definition) is 2. The van der Waals surface area contributed by atoms with E-state index in [1.807, 2.05) is 53.8 Å². The van der Waals surface area contributed by atoms with Crippen molar-refractivity contribution in [1.82, 2.24) is 14.9 Å². The van der Waals surface area contributed by atoms with Gasteiger partial charge in [-0.2, -0.15) is 0 Å². The van der Waals surface area contributed by atoms with Crippen LogP contribution in [-0.2, 0) is 16.4 Å². The third-order valence-electron chi connectivity index (χ3n) is 6.41. The number of ether oxygens (including phenoxy) is 1. The van der Waals surface area contributed by atoms with E-state index >= 15 is 0 Å². The number of carbonyl (C=O) groups excluding carboxylic acids is 1. The summed E-state index contributed by atoms with van der Waals surface area (Å²) in [5.74, 6) is 0.585. The Morgan fingerprint density at radius 3 is 2.62 bits per heavy atom. The van der Waals surface area contributed by atoms with Crippen LogP contribution < -0.4 is 14.8 Å². The van der Waals surface area contributed by atoms with E-state index in [1.54, 1.807) is 7.11 Å². The van der Waals surface area contributed by atoms with Gasteiger partial charge < -0.3 is 15.0 Å². The van der Waals surface area contributed by atoms with Crippen LogP contribution in [0.15, 0.2) is 48.5 Å². The van der Waals surface area contributed by atoms with Crippen molar-refractivity contribution >= 4 is 16.1 Å². The van der Waals surface area contributed by atoms with Gasteiger partial charge >= 0.3 is 6.03 Å². The summed E-state index contributed by atoms with van der Waals surface area (Å²) in [7, 11) is -2.10. The first-order chi connectivity index (χ1) is 17.2. The molecule has 0 aromatic heterocycles. The van der Waals surface area contributed by atoms with Gasteiger partial charge in [0, 0.05) is 36.9 Å². The highest BCUT2D eigenvalue weighted by molar-refractivity contribution is 7.88. The van der Waals surface area contributed by atoms with E-state index in [2.05, 4.69) is 4.72 Å². The maximum Gasteiger partial charge on any atom is 0.317 e. The molecule has 1 aliphatic carbocycles. The van der Waals surface area contributed by atoms with Crippen LogP contribution in [0.4, 0.5) is 4.79 Å². The molecule has 1 spiro atoms. The van der Waals surface area contributed by atoms with Crippen LogP contribution in [0.1, 0.15) is 32.1 Å². The summed E-state index contributed by atoms with van der Waals surface area (Å²) >= 11 is 0. The second kappa shape index (κ2) is 8.75. The highest BCUT2D eigenvalue weighted by Gasteiger charge is 2.61. The summed E-state index contributed by atoms with van der Waals surface area (Å²) in [5.41, 5.74) is 2.00. The van der Waals surface area contributed by atoms with Gasteiger partial charge in [-0.1, -0.05) is 48.5 Å². The van der Waals surface area contributed by atoms with Gasteiger partial charge in [0.2, 0.25) is 10.0 Å². The van der Waals surface area contributed by atoms with E-state index < -0.39 is 46.9 Å². The van der Waals surface area contributed by atoms with E-state index in [0.29, 0.717) is 18.6 Å². The SMILES string of the molecule is [2H]C([2H])([2H])C([2H])([2H])NC(=O)N1CC2(CC2)[C@H](NS(C)(=O)=O)[C@@H]1Cc1cccc(-c2ccccc2)c1OC. The minimum atomic E-state index is -3.64. The molecule has 7 nitrogen and oxygen atoms in total. The zero-order chi connectivity index (χ0) is 27.2. The van der Waals surface area contributed by atoms with E-state index in [0.717, 1.165) is 22.9 Å². The third-order valence-corrected chi connectivity index (χ3v) is 7.09. The number of rotatable bonds is 7. The summed E-state index contributed by atoms with van der Waals surface area (Å²) in [6, 6.07) is 13.0. The number of urea groups is 1. The van der Waals surface area contributed by atoms with Crippen molar-refractivity contribution in [3.63, 3.8) is 0 Å². The Kier molecular flexibility index (Phi) is 4.64. The maximum absolute atomic E-state index is 13.3. The van der Waals surface area contributed by atoms with Crippen molar-refractivity contribution in [2.45, 2.75) is 38.2 Å². The molecule has 32 heavy (non-hydrogen) atoms. The lowest BCUT2D eigenvalue weighted by atomic mass is 9.91. The van der Waals surface area contributed by atoms with Gasteiger partial charge in [0.25, 0.3) is 0 Å². The van der Waals surface area contributed by atoms with E-state index in [1.165, 1.54) is 4.90 Å². The Morgan fingerprint density at radius 1 is 1.25 bits per heavy atom. The minimum absolute atomic E-state index is 0.175. The van der Waals surface area contributed by atoms with Crippen LogP contribution in [0.5, 0.6) is 5.75 Å². The molecule has 1 heterocycles. The molecule has 8 heteroatoms. The molecule has 2 atom stereocenters. The number of amides is 2. The second-order valence-electron chi connectivity index (χ2n) is 8.55. The standard InChI is InChI=1S/C24H31N3O4S/c1-4-25-23(28)27-16-24(13-14-24)22(26-32(3,29)30)20(27)15-18-11-8-12-19(21(18)31-2)17-9-6-5-7-10-17/h5-12,20,22,26H,4,13-16H2,1-3H3,(H,25,28)/t20-,22+/m0/s1/i1D3,4D2. The van der Waals surface area contributed by atoms with E-state index in [4.69, 9.17) is 11.6 Å². The number of para-hydroxylation sites is 1. The minimum Gasteiger partial charge on any atom is -0.496 e. The predicted molar refractivity (Wildman–Crippen MR) is 125 cm³/mol. The molecule has 172 valence electrons. The van der Waals surface area contributed by atoms with Gasteiger partial charge in [-0.05, 0) is 37.2 Å². The predicted octanol–water partition coefficient (Wildman–Crippen LogP) is 3.02. The molecule has 2 aliphatic rings. The lowest BCUT2D eigenvalue weighted by Crippen LogP contribution is -2.51. The number of hydrogen-bond acceptors (Lipinski definition) is 4. The highest BCUT2D eigenvalue weighted by atomic mass is 32.2. The monoisotopic (exact) mass is 462 g/mol. The van der Waals surface area contributed by atoms with Crippen molar-refractivity contribution in [2.75, 3.05) is 26.4 Å². The van der Waals surface area contributed by atoms with Gasteiger partial charge in [-0.3, -0.25) is 0 Å². The molecular formula is C24H31N3O4S. The van der Waals surface area contributed by atoms with E-state index in [-0.39, 0.29) is 13.0 Å². The third kappa shape index (κ3) is 4.47. The molecule has 4 rings (SSSR count). The molecule has 1 aliphatic heterocycles. The average molecular weight is 463 g/mol. The molecule has 2 fully saturated rings. The van der Waals surface area contributed by atoms with Gasteiger partial charge in [-0.15, -0.1) is 0 Å². The number of sulfonamides is 1. The summed E-state index contributed by atoms with van der Waals surface area (Å²) < 4.78 is 71.2. The summed E-state index contributed by atoms with van der Waals surface area (Å²) in [5, 5.41) is 2.02. The van der Waals surface area contributed by atoms with Crippen molar-refractivity contribution in [2.24, 2.45) is 5.41 Å². The number of nitrogens with one attached hydrogen (secondary N) is 2. The van der Waals surface area contributed by atoms with Crippen LogP contribution in [0, 0.1) is 5.41 Å². The number of benzene rings is 2. The maximum atomic E-state index is 13.3. The first-order valence-corrected chi connectivity index (χ1v) is 12.3. The quantitative estimate of drug-likeness (QED) is 0.662. The Hall–Kier alpha value is -2.58. The second-order valence-corrected chi connectivity index (χ2v) is 10.3. The van der Waals surface area contributed by atoms with Crippen molar-refractivity contribution < 1.29 is 24.8 Å². The largest absolute Gasteiger partial charge is 0.496 e. The fourth-order valence-electron chi connectivity index (χ4n) is 4.84. The molecule has 0 radical (unpaired) electrons. The van der Waals surface area contributed by atoms with Gasteiger partial charge in [-0.25, -0.2) is 17.9 Å². The molecule has 0 bridgehead atoms. The molecule has 2 aromatic rings. The molecule has 0 unspecified atom stereocenters. The molecular weight excluding hydrogens is 426 g/mol. The first kappa shape index (κ1) is 17.0. The number of nitrogens with zero attached hydrogens (tertiary/aromatic N) is 1. The normalized spacial score (nSPS) is 24.7. The molecule has 1 saturated carbocycles. The van der Waals surface area contributed by atoms with Crippen LogP contribution in [0.3, 0.4) is 0 Å². The van der Waals surface area contributed by atoms with Crippen molar-refractivity contribution in [3.8, 4) is 16.9 Å². The van der Waals surface area contributed by atoms with Crippen LogP contribution in [-0.4, -0.2) is 57.8 Å². The summed E-state index contributed by atoms with van der Waals surface area (Å²) in [4.78, 5) is 14.7. The lowest BCUT2D eigenvalue weighted by Gasteiger charge is -2.30. The van der Waals surface area contributed by atoms with Gasteiger partial charge in [0.05, 0.1) is 19.4 Å². The number of likely N-dealkylation sites (tertiary alicyclic amines) is 1. The van der Waals surface area contributed by atoms with Crippen molar-refractivity contribution in [1.29, 1.82) is 0 Å². The Balaban J connectivity index is 1.73. The van der Waals surface area contributed by atoms with Crippen LogP contribution >= 0.6 is 0 Å². The van der Waals surface area contributed by atoms with Gasteiger partial charge in [0.1, 0.15) is 5.75 Å². The Bertz CT molecular complexity index is 1270. The fourth-order valence-corrected chi connectivity index (χ4v) is 5.71. The number of carbonyl (C=O) groups is 1. The lowest BCUT2D eigenvalue weighted by molar-refractivity contribution is 0.189. The van der Waals surface area contributed by atoms with Crippen LogP contribution in [0.2, 0.25) is 0 Å². The number of methoxy groups -OCH3 is 1. The van der Waals surface area contributed by atoms with Crippen LogP contribution in [0.25, 0.3) is 11.1 Å². The zero-order valence-corrected chi connectivity index (χ0v) is 18.9. The molecule has 2 amide bonds. The Labute approximate surface area is 197 Å². The molecule has 2 aromatic carbocycles. The molecule has 1 saturated heterocycles. The summed E-state index contributed by atoms with van der Waals surface area (Å²) in [6.45, 7) is -5.86. The molecule has 2 N–H and O–H groups in total. The summed E-state index contributed by atoms with van der Waals surface area (Å²) in [6.07, 6.45) is 2.65. The van der Waals surface area contributed by atoms with Gasteiger partial charge in [0.15, 0.2) is 0 Å². The smallest absolute Gasteiger partial charge is 0.317 e. The highest BCUT2D eigenvalue weighted by Crippen LogP contribution is 2.55. The zero-order valence-electron chi connectivity index (χ0n) is 23.1. The first-order valence-electron chi connectivity index (χ1n) is 12.9. The topological polar surface area (TPSA) is 87.7 Å².